The molecule has 32 heavy (non-hydrogen) atoms. The maximum absolute atomic E-state index is 12.7. The van der Waals surface area contributed by atoms with Crippen molar-refractivity contribution in [3.63, 3.8) is 0 Å². The van der Waals surface area contributed by atoms with Crippen LogP contribution in [-0.4, -0.2) is 40.9 Å². The number of piperidine rings is 1. The molecule has 1 aliphatic rings. The van der Waals surface area contributed by atoms with Crippen molar-refractivity contribution < 1.29 is 9.59 Å². The van der Waals surface area contributed by atoms with Crippen LogP contribution in [0.4, 0.5) is 0 Å². The first-order chi connectivity index (χ1) is 15.5. The lowest BCUT2D eigenvalue weighted by Gasteiger charge is -2.32. The summed E-state index contributed by atoms with van der Waals surface area (Å²) < 4.78 is 1.46. The highest BCUT2D eigenvalue weighted by Crippen LogP contribution is 2.21. The van der Waals surface area contributed by atoms with E-state index in [-0.39, 0.29) is 30.5 Å². The molecule has 6 heteroatoms. The Morgan fingerprint density at radius 2 is 1.69 bits per heavy atom. The first kappa shape index (κ1) is 21.8. The number of nitrogens with zero attached hydrogens (tertiary/aromatic N) is 2. The molecule has 0 saturated carbocycles. The van der Waals surface area contributed by atoms with Crippen molar-refractivity contribution in [2.24, 2.45) is 5.92 Å². The lowest BCUT2D eigenvalue weighted by Crippen LogP contribution is -2.45. The van der Waals surface area contributed by atoms with E-state index in [0.717, 1.165) is 43.4 Å². The molecule has 0 aliphatic carbocycles. The third-order valence-electron chi connectivity index (χ3n) is 6.30. The molecule has 6 nitrogen and oxygen atoms in total. The van der Waals surface area contributed by atoms with Crippen LogP contribution in [-0.2, 0) is 22.6 Å². The first-order valence-corrected chi connectivity index (χ1v) is 11.2. The van der Waals surface area contributed by atoms with Crippen molar-refractivity contribution in [1.29, 1.82) is 0 Å². The van der Waals surface area contributed by atoms with E-state index in [9.17, 15) is 14.4 Å². The molecule has 1 aliphatic heterocycles. The molecule has 0 bridgehead atoms. The molecule has 0 unspecified atom stereocenters. The Morgan fingerprint density at radius 1 is 1.00 bits per heavy atom. The fourth-order valence-electron chi connectivity index (χ4n) is 4.44. The molecular weight excluding hydrogens is 402 g/mol. The van der Waals surface area contributed by atoms with Crippen molar-refractivity contribution in [3.05, 3.63) is 82.3 Å². The minimum absolute atomic E-state index is 0.0381. The van der Waals surface area contributed by atoms with E-state index < -0.39 is 0 Å². The van der Waals surface area contributed by atoms with E-state index in [1.54, 1.807) is 6.07 Å². The number of pyridine rings is 1. The van der Waals surface area contributed by atoms with Crippen LogP contribution in [0.3, 0.4) is 0 Å². The number of hydrogen-bond acceptors (Lipinski definition) is 3. The summed E-state index contributed by atoms with van der Waals surface area (Å²) in [5.41, 5.74) is 1.86. The number of carbonyl (C=O) groups is 2. The average molecular weight is 432 g/mol. The molecule has 0 radical (unpaired) electrons. The maximum atomic E-state index is 12.7. The van der Waals surface area contributed by atoms with Gasteiger partial charge in [-0.3, -0.25) is 14.4 Å². The fraction of sp³-hybridized carbons (Fsp3) is 0.346. The van der Waals surface area contributed by atoms with Gasteiger partial charge in [-0.25, -0.2) is 0 Å². The summed E-state index contributed by atoms with van der Waals surface area (Å²) in [7, 11) is 0. The number of amides is 2. The largest absolute Gasteiger partial charge is 0.345 e. The molecule has 0 spiro atoms. The monoisotopic (exact) mass is 431 g/mol. The minimum atomic E-state index is -0.335. The van der Waals surface area contributed by atoms with Crippen LogP contribution in [0.25, 0.3) is 10.8 Å². The third kappa shape index (κ3) is 5.07. The van der Waals surface area contributed by atoms with Crippen LogP contribution in [0.15, 0.2) is 65.5 Å². The van der Waals surface area contributed by atoms with Gasteiger partial charge in [-0.15, -0.1) is 0 Å². The second kappa shape index (κ2) is 9.81. The second-order valence-electron chi connectivity index (χ2n) is 8.55. The Bertz CT molecular complexity index is 1160. The molecule has 2 aromatic carbocycles. The number of likely N-dealkylation sites (tertiary alicyclic amines) is 1. The summed E-state index contributed by atoms with van der Waals surface area (Å²) in [5, 5.41) is 4.13. The van der Waals surface area contributed by atoms with Crippen LogP contribution in [0.2, 0.25) is 0 Å². The quantitative estimate of drug-likeness (QED) is 0.652. The Balaban J connectivity index is 1.27. The fourth-order valence-corrected chi connectivity index (χ4v) is 4.44. The Morgan fingerprint density at radius 3 is 2.44 bits per heavy atom. The molecule has 166 valence electrons. The molecule has 1 fully saturated rings. The number of nitrogens with one attached hydrogen (secondary N) is 1. The number of carbonyl (C=O) groups excluding carboxylic acids is 2. The average Bonchev–Trinajstić information content (AvgIpc) is 2.81. The van der Waals surface area contributed by atoms with Gasteiger partial charge in [0.2, 0.25) is 11.8 Å². The summed E-state index contributed by atoms with van der Waals surface area (Å²) in [5.74, 6) is 0.177. The lowest BCUT2D eigenvalue weighted by molar-refractivity contribution is -0.134. The SMILES string of the molecule is Cc1cc2ccccc2c(=O)n1CC(=O)NCC(=O)N1CCC(Cc2ccccc2)CC1. The molecule has 3 aromatic rings. The summed E-state index contributed by atoms with van der Waals surface area (Å²) in [6, 6.07) is 19.7. The number of benzene rings is 2. The van der Waals surface area contributed by atoms with Crippen LogP contribution in [0.5, 0.6) is 0 Å². The lowest BCUT2D eigenvalue weighted by atomic mass is 9.90. The third-order valence-corrected chi connectivity index (χ3v) is 6.30. The number of aromatic nitrogens is 1. The van der Waals surface area contributed by atoms with E-state index >= 15 is 0 Å². The molecule has 2 heterocycles. The Hall–Kier alpha value is -3.41. The van der Waals surface area contributed by atoms with Crippen LogP contribution >= 0.6 is 0 Å². The molecular formula is C26H29N3O3. The highest BCUT2D eigenvalue weighted by atomic mass is 16.2. The Kier molecular flexibility index (Phi) is 6.69. The topological polar surface area (TPSA) is 71.4 Å². The van der Waals surface area contributed by atoms with Gasteiger partial charge in [-0.2, -0.15) is 0 Å². The van der Waals surface area contributed by atoms with Crippen molar-refractivity contribution in [1.82, 2.24) is 14.8 Å². The molecule has 2 amide bonds. The highest BCUT2D eigenvalue weighted by Gasteiger charge is 2.23. The number of rotatable bonds is 6. The maximum Gasteiger partial charge on any atom is 0.259 e. The smallest absolute Gasteiger partial charge is 0.259 e. The zero-order chi connectivity index (χ0) is 22.5. The van der Waals surface area contributed by atoms with Gasteiger partial charge < -0.3 is 14.8 Å². The zero-order valence-electron chi connectivity index (χ0n) is 18.4. The molecule has 4 rings (SSSR count). The van der Waals surface area contributed by atoms with Gasteiger partial charge in [-0.05, 0) is 55.2 Å². The summed E-state index contributed by atoms with van der Waals surface area (Å²) >= 11 is 0. The van der Waals surface area contributed by atoms with Gasteiger partial charge in [-0.1, -0.05) is 48.5 Å². The van der Waals surface area contributed by atoms with Crippen molar-refractivity contribution in [2.45, 2.75) is 32.7 Å². The van der Waals surface area contributed by atoms with Crippen LogP contribution in [0, 0.1) is 12.8 Å². The summed E-state index contributed by atoms with van der Waals surface area (Å²) in [6.07, 6.45) is 2.99. The molecule has 1 saturated heterocycles. The van der Waals surface area contributed by atoms with E-state index in [4.69, 9.17) is 0 Å². The first-order valence-electron chi connectivity index (χ1n) is 11.2. The second-order valence-corrected chi connectivity index (χ2v) is 8.55. The summed E-state index contributed by atoms with van der Waals surface area (Å²) in [6.45, 7) is 3.11. The molecule has 0 atom stereocenters. The van der Waals surface area contributed by atoms with E-state index in [1.807, 2.05) is 42.2 Å². The number of hydrogen-bond donors (Lipinski definition) is 1. The predicted molar refractivity (Wildman–Crippen MR) is 125 cm³/mol. The van der Waals surface area contributed by atoms with Gasteiger partial charge in [0.05, 0.1) is 6.54 Å². The standard InChI is InChI=1S/C26H29N3O3/c1-19-15-22-9-5-6-10-23(22)26(32)29(19)18-24(30)27-17-25(31)28-13-11-21(12-14-28)16-20-7-3-2-4-8-20/h2-10,15,21H,11-14,16-18H2,1H3,(H,27,30). The normalized spacial score (nSPS) is 14.5. The van der Waals surface area contributed by atoms with Gasteiger partial charge in [0.25, 0.3) is 5.56 Å². The van der Waals surface area contributed by atoms with Crippen molar-refractivity contribution in [3.8, 4) is 0 Å². The van der Waals surface area contributed by atoms with E-state index in [1.165, 1.54) is 10.1 Å². The van der Waals surface area contributed by atoms with Gasteiger partial charge in [0, 0.05) is 24.2 Å². The molecule has 1 aromatic heterocycles. The summed E-state index contributed by atoms with van der Waals surface area (Å²) in [4.78, 5) is 39.6. The molecule has 1 N–H and O–H groups in total. The minimum Gasteiger partial charge on any atom is -0.345 e. The van der Waals surface area contributed by atoms with E-state index in [0.29, 0.717) is 11.3 Å². The highest BCUT2D eigenvalue weighted by molar-refractivity contribution is 5.85. The van der Waals surface area contributed by atoms with Gasteiger partial charge in [0.15, 0.2) is 0 Å². The number of aryl methyl sites for hydroxylation is 1. The van der Waals surface area contributed by atoms with Crippen LogP contribution < -0.4 is 10.9 Å². The van der Waals surface area contributed by atoms with Crippen LogP contribution in [0.1, 0.15) is 24.1 Å². The zero-order valence-corrected chi connectivity index (χ0v) is 18.4. The van der Waals surface area contributed by atoms with Crippen molar-refractivity contribution >= 4 is 22.6 Å². The van der Waals surface area contributed by atoms with Gasteiger partial charge >= 0.3 is 0 Å². The van der Waals surface area contributed by atoms with Gasteiger partial charge in [0.1, 0.15) is 6.54 Å². The number of fused-ring (bicyclic) bond motifs is 1. The predicted octanol–water partition coefficient (Wildman–Crippen LogP) is 2.91. The van der Waals surface area contributed by atoms with Crippen molar-refractivity contribution in [2.75, 3.05) is 19.6 Å². The van der Waals surface area contributed by atoms with E-state index in [2.05, 4.69) is 29.6 Å². The Labute approximate surface area is 187 Å².